The van der Waals surface area contributed by atoms with Crippen molar-refractivity contribution in [3.63, 3.8) is 0 Å². The van der Waals surface area contributed by atoms with Crippen molar-refractivity contribution >= 4 is 11.5 Å². The van der Waals surface area contributed by atoms with Gasteiger partial charge in [-0.05, 0) is 25.1 Å². The van der Waals surface area contributed by atoms with E-state index < -0.39 is 6.17 Å². The van der Waals surface area contributed by atoms with E-state index in [1.807, 2.05) is 28.8 Å². The van der Waals surface area contributed by atoms with Crippen molar-refractivity contribution in [1.29, 1.82) is 0 Å². The highest BCUT2D eigenvalue weighted by molar-refractivity contribution is 5.61. The van der Waals surface area contributed by atoms with Crippen molar-refractivity contribution < 1.29 is 4.39 Å². The van der Waals surface area contributed by atoms with Gasteiger partial charge in [0, 0.05) is 18.2 Å². The molecule has 7 heteroatoms. The van der Waals surface area contributed by atoms with Gasteiger partial charge in [0.2, 0.25) is 0 Å². The molecule has 2 unspecified atom stereocenters. The molecule has 1 saturated heterocycles. The molecule has 0 radical (unpaired) electrons. The Bertz CT molecular complexity index is 945. The van der Waals surface area contributed by atoms with Gasteiger partial charge in [0.25, 0.3) is 0 Å². The largest absolute Gasteiger partial charge is 0.363 e. The van der Waals surface area contributed by atoms with Crippen molar-refractivity contribution in [1.82, 2.24) is 24.7 Å². The number of anilines is 1. The van der Waals surface area contributed by atoms with E-state index in [1.54, 1.807) is 12.4 Å². The molecule has 3 aromatic rings. The molecule has 4 heterocycles. The zero-order valence-corrected chi connectivity index (χ0v) is 15.9. The fourth-order valence-electron chi connectivity index (χ4n) is 3.28. The van der Waals surface area contributed by atoms with Crippen LogP contribution in [0.3, 0.4) is 0 Å². The first kappa shape index (κ1) is 17.9. The van der Waals surface area contributed by atoms with Gasteiger partial charge in [-0.1, -0.05) is 26.8 Å². The second kappa shape index (κ2) is 6.88. The Morgan fingerprint density at radius 1 is 1.22 bits per heavy atom. The molecule has 0 spiro atoms. The summed E-state index contributed by atoms with van der Waals surface area (Å²) >= 11 is 0. The van der Waals surface area contributed by atoms with Crippen LogP contribution in [-0.4, -0.2) is 44.7 Å². The number of rotatable bonds is 3. The Kier molecular flexibility index (Phi) is 4.55. The number of nitrogens with zero attached hydrogens (tertiary/aromatic N) is 4. The van der Waals surface area contributed by atoms with Gasteiger partial charge >= 0.3 is 0 Å². The normalized spacial score (nSPS) is 20.7. The lowest BCUT2D eigenvalue weighted by molar-refractivity contribution is 0.241. The highest BCUT2D eigenvalue weighted by Gasteiger charge is 2.24. The Morgan fingerprint density at radius 2 is 2.07 bits per heavy atom. The van der Waals surface area contributed by atoms with Crippen molar-refractivity contribution in [2.45, 2.75) is 44.8 Å². The second-order valence-electron chi connectivity index (χ2n) is 8.06. The van der Waals surface area contributed by atoms with Gasteiger partial charge in [-0.3, -0.25) is 9.38 Å². The van der Waals surface area contributed by atoms with Crippen LogP contribution in [0.25, 0.3) is 17.0 Å². The quantitative estimate of drug-likeness (QED) is 0.743. The third kappa shape index (κ3) is 3.64. The molecule has 0 saturated carbocycles. The van der Waals surface area contributed by atoms with Gasteiger partial charge in [0.05, 0.1) is 35.5 Å². The van der Waals surface area contributed by atoms with Crippen LogP contribution in [0.5, 0.6) is 0 Å². The van der Waals surface area contributed by atoms with E-state index in [4.69, 9.17) is 4.98 Å². The van der Waals surface area contributed by atoms with Crippen LogP contribution in [0.2, 0.25) is 0 Å². The van der Waals surface area contributed by atoms with Crippen LogP contribution in [0.4, 0.5) is 10.2 Å². The maximum absolute atomic E-state index is 14.1. The van der Waals surface area contributed by atoms with Crippen molar-refractivity contribution in [2.75, 3.05) is 18.4 Å². The number of nitrogens with one attached hydrogen (secondary N) is 2. The Balaban J connectivity index is 1.67. The predicted molar refractivity (Wildman–Crippen MR) is 105 cm³/mol. The van der Waals surface area contributed by atoms with E-state index in [0.29, 0.717) is 18.8 Å². The molecule has 0 aliphatic carbocycles. The SMILES string of the molecule is CC(C)(C)c1cn2c(-c3cccc(NC4CNCCC4F)n3)cnc2cn1. The number of hydrogen-bond acceptors (Lipinski definition) is 5. The molecule has 0 amide bonds. The van der Waals surface area contributed by atoms with Gasteiger partial charge < -0.3 is 10.6 Å². The number of imidazole rings is 1. The summed E-state index contributed by atoms with van der Waals surface area (Å²) in [5.74, 6) is 0.670. The van der Waals surface area contributed by atoms with Crippen LogP contribution in [0.15, 0.2) is 36.8 Å². The maximum Gasteiger partial charge on any atom is 0.155 e. The van der Waals surface area contributed by atoms with Crippen LogP contribution in [-0.2, 0) is 5.41 Å². The first-order chi connectivity index (χ1) is 12.9. The molecule has 2 atom stereocenters. The van der Waals surface area contributed by atoms with Crippen molar-refractivity contribution in [2.24, 2.45) is 0 Å². The van der Waals surface area contributed by atoms with Gasteiger partial charge in [-0.2, -0.15) is 0 Å². The minimum Gasteiger partial charge on any atom is -0.363 e. The standard InChI is InChI=1S/C20H25FN6/c1-20(2,3)17-12-27-16(10-24-19(27)11-23-17)14-5-4-6-18(25-14)26-15-9-22-8-7-13(15)21/h4-6,10-13,15,22H,7-9H2,1-3H3,(H,25,26). The molecule has 6 nitrogen and oxygen atoms in total. The topological polar surface area (TPSA) is 67.1 Å². The van der Waals surface area contributed by atoms with Crippen molar-refractivity contribution in [3.8, 4) is 11.4 Å². The number of aromatic nitrogens is 4. The van der Waals surface area contributed by atoms with Gasteiger partial charge in [0.15, 0.2) is 5.65 Å². The summed E-state index contributed by atoms with van der Waals surface area (Å²) in [5.41, 5.74) is 3.38. The molecule has 0 aromatic carbocycles. The van der Waals surface area contributed by atoms with E-state index in [-0.39, 0.29) is 11.5 Å². The molecular formula is C20H25FN6. The van der Waals surface area contributed by atoms with E-state index in [9.17, 15) is 4.39 Å². The lowest BCUT2D eigenvalue weighted by atomic mass is 9.93. The Hall–Kier alpha value is -2.54. The number of fused-ring (bicyclic) bond motifs is 1. The molecule has 2 N–H and O–H groups in total. The van der Waals surface area contributed by atoms with E-state index in [1.165, 1.54) is 0 Å². The summed E-state index contributed by atoms with van der Waals surface area (Å²) in [6, 6.07) is 5.48. The summed E-state index contributed by atoms with van der Waals surface area (Å²) in [7, 11) is 0. The number of halogens is 1. The van der Waals surface area contributed by atoms with E-state index in [2.05, 4.69) is 41.4 Å². The van der Waals surface area contributed by atoms with Crippen LogP contribution in [0.1, 0.15) is 32.9 Å². The highest BCUT2D eigenvalue weighted by atomic mass is 19.1. The van der Waals surface area contributed by atoms with Crippen LogP contribution < -0.4 is 10.6 Å². The summed E-state index contributed by atoms with van der Waals surface area (Å²) < 4.78 is 16.1. The number of alkyl halides is 1. The zero-order chi connectivity index (χ0) is 19.0. The highest BCUT2D eigenvalue weighted by Crippen LogP contribution is 2.25. The molecule has 4 rings (SSSR count). The Morgan fingerprint density at radius 3 is 2.85 bits per heavy atom. The summed E-state index contributed by atoms with van der Waals surface area (Å²) in [4.78, 5) is 13.7. The average molecular weight is 368 g/mol. The van der Waals surface area contributed by atoms with Gasteiger partial charge in [-0.25, -0.2) is 14.4 Å². The average Bonchev–Trinajstić information content (AvgIpc) is 3.06. The summed E-state index contributed by atoms with van der Waals surface area (Å²) in [6.07, 6.45) is 5.26. The molecule has 27 heavy (non-hydrogen) atoms. The molecule has 1 aliphatic rings. The molecule has 0 bridgehead atoms. The number of piperidine rings is 1. The predicted octanol–water partition coefficient (Wildman–Crippen LogP) is 3.20. The molecular weight excluding hydrogens is 343 g/mol. The number of pyridine rings is 1. The lowest BCUT2D eigenvalue weighted by Crippen LogP contribution is -2.46. The molecule has 142 valence electrons. The zero-order valence-electron chi connectivity index (χ0n) is 15.9. The summed E-state index contributed by atoms with van der Waals surface area (Å²) in [5, 5.41) is 6.45. The maximum atomic E-state index is 14.1. The molecule has 3 aromatic heterocycles. The van der Waals surface area contributed by atoms with Crippen molar-refractivity contribution in [3.05, 3.63) is 42.5 Å². The van der Waals surface area contributed by atoms with Gasteiger partial charge in [-0.15, -0.1) is 0 Å². The second-order valence-corrected chi connectivity index (χ2v) is 8.06. The smallest absolute Gasteiger partial charge is 0.155 e. The fourth-order valence-corrected chi connectivity index (χ4v) is 3.28. The van der Waals surface area contributed by atoms with Crippen LogP contribution >= 0.6 is 0 Å². The minimum absolute atomic E-state index is 0.0588. The minimum atomic E-state index is -0.868. The number of hydrogen-bond donors (Lipinski definition) is 2. The third-order valence-electron chi connectivity index (χ3n) is 4.91. The van der Waals surface area contributed by atoms with E-state index >= 15 is 0 Å². The first-order valence-corrected chi connectivity index (χ1v) is 9.34. The Labute approximate surface area is 158 Å². The van der Waals surface area contributed by atoms with Gasteiger partial charge in [0.1, 0.15) is 12.0 Å². The first-order valence-electron chi connectivity index (χ1n) is 9.34. The van der Waals surface area contributed by atoms with Crippen LogP contribution in [0, 0.1) is 0 Å². The monoisotopic (exact) mass is 368 g/mol. The molecule has 1 fully saturated rings. The third-order valence-corrected chi connectivity index (χ3v) is 4.91. The fraction of sp³-hybridized carbons (Fsp3) is 0.450. The lowest BCUT2D eigenvalue weighted by Gasteiger charge is -2.28. The molecule has 1 aliphatic heterocycles. The summed E-state index contributed by atoms with van der Waals surface area (Å²) in [6.45, 7) is 7.71. The van der Waals surface area contributed by atoms with E-state index in [0.717, 1.165) is 29.3 Å².